The van der Waals surface area contributed by atoms with Gasteiger partial charge in [-0.2, -0.15) is 5.26 Å². The lowest BCUT2D eigenvalue weighted by molar-refractivity contribution is 0.377. The van der Waals surface area contributed by atoms with Gasteiger partial charge in [-0.15, -0.1) is 0 Å². The second kappa shape index (κ2) is 9.53. The van der Waals surface area contributed by atoms with Crippen LogP contribution in [0.15, 0.2) is 24.3 Å². The highest BCUT2D eigenvalue weighted by Gasteiger charge is 2.00. The lowest BCUT2D eigenvalue weighted by Crippen LogP contribution is -2.18. The van der Waals surface area contributed by atoms with Crippen LogP contribution in [0, 0.1) is 24.3 Å². The lowest BCUT2D eigenvalue weighted by Gasteiger charge is -2.12. The van der Waals surface area contributed by atoms with Gasteiger partial charge in [0, 0.05) is 13.6 Å². The Balaban J connectivity index is 0.000000321. The third-order valence-corrected chi connectivity index (χ3v) is 3.10. The van der Waals surface area contributed by atoms with Crippen LogP contribution >= 0.6 is 0 Å². The molecule has 0 bridgehead atoms. The molecule has 1 aromatic rings. The van der Waals surface area contributed by atoms with Crippen molar-refractivity contribution in [2.75, 3.05) is 13.6 Å². The first-order valence-corrected chi connectivity index (χ1v) is 6.70. The van der Waals surface area contributed by atoms with E-state index in [1.165, 1.54) is 11.1 Å². The Bertz CT molecular complexity index is 366. The number of nitriles is 1. The monoisotopic (exact) mass is 246 g/mol. The van der Waals surface area contributed by atoms with E-state index in [4.69, 9.17) is 5.26 Å². The van der Waals surface area contributed by atoms with Crippen molar-refractivity contribution in [2.24, 2.45) is 5.92 Å². The largest absolute Gasteiger partial charge is 0.313 e. The topological polar surface area (TPSA) is 27.0 Å². The number of hydrogen-bond acceptors (Lipinski definition) is 2. The zero-order valence-electron chi connectivity index (χ0n) is 12.4. The zero-order valence-corrected chi connectivity index (χ0v) is 12.4. The molecule has 2 nitrogen and oxygen atoms in total. The van der Waals surface area contributed by atoms with Gasteiger partial charge in [-0.05, 0) is 30.4 Å². The van der Waals surface area contributed by atoms with E-state index in [9.17, 15) is 0 Å². The van der Waals surface area contributed by atoms with Gasteiger partial charge >= 0.3 is 0 Å². The highest BCUT2D eigenvalue weighted by molar-refractivity contribution is 5.24. The molecule has 0 fully saturated rings. The van der Waals surface area contributed by atoms with Gasteiger partial charge in [0.05, 0.1) is 0 Å². The molecule has 0 aliphatic rings. The molecule has 0 aliphatic heterocycles. The zero-order chi connectivity index (χ0) is 14.0. The third-order valence-electron chi connectivity index (χ3n) is 3.10. The second-order valence-electron chi connectivity index (χ2n) is 4.77. The van der Waals surface area contributed by atoms with Crippen molar-refractivity contribution in [3.8, 4) is 6.19 Å². The van der Waals surface area contributed by atoms with E-state index >= 15 is 0 Å². The van der Waals surface area contributed by atoms with E-state index in [0.29, 0.717) is 5.92 Å². The summed E-state index contributed by atoms with van der Waals surface area (Å²) in [5.41, 5.74) is 2.86. The Morgan fingerprint density at radius 2 is 1.89 bits per heavy atom. The highest BCUT2D eigenvalue weighted by Crippen LogP contribution is 2.06. The quantitative estimate of drug-likeness (QED) is 0.593. The molecule has 0 amide bonds. The Hall–Kier alpha value is -1.49. The van der Waals surface area contributed by atoms with Crippen molar-refractivity contribution in [1.29, 1.82) is 5.26 Å². The Labute approximate surface area is 112 Å². The smallest absolute Gasteiger partial charge is 0.179 e. The van der Waals surface area contributed by atoms with Crippen molar-refractivity contribution in [3.63, 3.8) is 0 Å². The summed E-state index contributed by atoms with van der Waals surface area (Å²) in [5.74, 6) is 0.634. The summed E-state index contributed by atoms with van der Waals surface area (Å²) in [6.07, 6.45) is 4.35. The molecule has 0 radical (unpaired) electrons. The van der Waals surface area contributed by atoms with Gasteiger partial charge in [-0.3, -0.25) is 0 Å². The first-order valence-electron chi connectivity index (χ1n) is 6.70. The van der Waals surface area contributed by atoms with Crippen LogP contribution in [0.5, 0.6) is 0 Å². The van der Waals surface area contributed by atoms with Gasteiger partial charge in [-0.1, -0.05) is 51.5 Å². The molecular weight excluding hydrogens is 220 g/mol. The van der Waals surface area contributed by atoms with Crippen LogP contribution in [0.25, 0.3) is 0 Å². The molecule has 1 atom stereocenters. The number of benzene rings is 1. The van der Waals surface area contributed by atoms with Gasteiger partial charge in [-0.25, -0.2) is 0 Å². The number of aryl methyl sites for hydroxylation is 2. The molecule has 0 saturated carbocycles. The molecule has 0 saturated heterocycles. The normalized spacial score (nSPS) is 10.9. The maximum Gasteiger partial charge on any atom is 0.179 e. The van der Waals surface area contributed by atoms with Crippen molar-refractivity contribution >= 4 is 0 Å². The molecule has 0 N–H and O–H groups in total. The van der Waals surface area contributed by atoms with Gasteiger partial charge in [0.25, 0.3) is 0 Å². The second-order valence-corrected chi connectivity index (χ2v) is 4.77. The Morgan fingerprint density at radius 3 is 2.28 bits per heavy atom. The van der Waals surface area contributed by atoms with Crippen LogP contribution in [-0.4, -0.2) is 18.5 Å². The fraction of sp³-hybridized carbons (Fsp3) is 0.562. The summed E-state index contributed by atoms with van der Waals surface area (Å²) in [6, 6.07) is 8.49. The average molecular weight is 246 g/mol. The SMILES string of the molecule is CC[C@@H](C)CN(C)C#N.CCc1ccccc1C. The van der Waals surface area contributed by atoms with Crippen LogP contribution in [0.3, 0.4) is 0 Å². The van der Waals surface area contributed by atoms with E-state index in [-0.39, 0.29) is 0 Å². The summed E-state index contributed by atoms with van der Waals surface area (Å²) in [6.45, 7) is 9.50. The predicted octanol–water partition coefficient (Wildman–Crippen LogP) is 4.00. The molecule has 0 heterocycles. The number of nitrogens with zero attached hydrogens (tertiary/aromatic N) is 2. The molecule has 0 aliphatic carbocycles. The molecule has 0 unspecified atom stereocenters. The predicted molar refractivity (Wildman–Crippen MR) is 78.3 cm³/mol. The van der Waals surface area contributed by atoms with E-state index < -0.39 is 0 Å². The van der Waals surface area contributed by atoms with Crippen LogP contribution in [0.4, 0.5) is 0 Å². The summed E-state index contributed by atoms with van der Waals surface area (Å²) in [4.78, 5) is 1.66. The lowest BCUT2D eigenvalue weighted by atomic mass is 10.1. The van der Waals surface area contributed by atoms with Crippen molar-refractivity contribution in [3.05, 3.63) is 35.4 Å². The van der Waals surface area contributed by atoms with Crippen LogP contribution < -0.4 is 0 Å². The van der Waals surface area contributed by atoms with E-state index in [2.05, 4.69) is 58.2 Å². The number of rotatable bonds is 4. The van der Waals surface area contributed by atoms with Crippen molar-refractivity contribution in [1.82, 2.24) is 4.90 Å². The first kappa shape index (κ1) is 16.5. The number of hydrogen-bond donors (Lipinski definition) is 0. The maximum absolute atomic E-state index is 8.36. The van der Waals surface area contributed by atoms with Gasteiger partial charge in [0.2, 0.25) is 0 Å². The summed E-state index contributed by atoms with van der Waals surface area (Å²) < 4.78 is 0. The van der Waals surface area contributed by atoms with Gasteiger partial charge in [0.1, 0.15) is 0 Å². The van der Waals surface area contributed by atoms with E-state index in [1.54, 1.807) is 4.90 Å². The average Bonchev–Trinajstić information content (AvgIpc) is 2.39. The minimum absolute atomic E-state index is 0.634. The summed E-state index contributed by atoms with van der Waals surface area (Å²) >= 11 is 0. The first-order chi connectivity index (χ1) is 8.54. The molecule has 0 aromatic heterocycles. The molecule has 1 rings (SSSR count). The van der Waals surface area contributed by atoms with Crippen molar-refractivity contribution in [2.45, 2.75) is 40.5 Å². The van der Waals surface area contributed by atoms with Gasteiger partial charge < -0.3 is 4.90 Å². The van der Waals surface area contributed by atoms with E-state index in [1.807, 2.05) is 7.05 Å². The van der Waals surface area contributed by atoms with Crippen LogP contribution in [-0.2, 0) is 6.42 Å². The molecule has 0 spiro atoms. The van der Waals surface area contributed by atoms with E-state index in [0.717, 1.165) is 19.4 Å². The fourth-order valence-corrected chi connectivity index (χ4v) is 1.64. The molecule has 18 heavy (non-hydrogen) atoms. The summed E-state index contributed by atoms with van der Waals surface area (Å²) in [7, 11) is 1.81. The Morgan fingerprint density at radius 1 is 1.28 bits per heavy atom. The minimum Gasteiger partial charge on any atom is -0.313 e. The van der Waals surface area contributed by atoms with Crippen LogP contribution in [0.2, 0.25) is 0 Å². The molecule has 1 aromatic carbocycles. The fourth-order valence-electron chi connectivity index (χ4n) is 1.64. The minimum atomic E-state index is 0.634. The Kier molecular flexibility index (Phi) is 8.74. The summed E-state index contributed by atoms with van der Waals surface area (Å²) in [5, 5.41) is 8.36. The molecule has 100 valence electrons. The molecular formula is C16H26N2. The van der Waals surface area contributed by atoms with Crippen LogP contribution in [0.1, 0.15) is 38.3 Å². The highest BCUT2D eigenvalue weighted by atomic mass is 15.1. The van der Waals surface area contributed by atoms with Crippen molar-refractivity contribution < 1.29 is 0 Å². The maximum atomic E-state index is 8.36. The van der Waals surface area contributed by atoms with Gasteiger partial charge in [0.15, 0.2) is 6.19 Å². The third kappa shape index (κ3) is 6.96. The standard InChI is InChI=1S/C9H12.C7H14N2/c1-3-9-7-5-4-6-8(9)2;1-4-7(2)5-9(3)6-8/h4-7H,3H2,1-2H3;7H,4-5H2,1-3H3/t;7-/m.1/s1. The molecule has 2 heteroatoms.